The zero-order valence-electron chi connectivity index (χ0n) is 13.7. The molecule has 1 amide bonds. The number of halogens is 2. The van der Waals surface area contributed by atoms with Crippen LogP contribution in [0.15, 0.2) is 35.1 Å². The van der Waals surface area contributed by atoms with Gasteiger partial charge in [-0.3, -0.25) is 9.59 Å². The van der Waals surface area contributed by atoms with Crippen LogP contribution in [0, 0.1) is 17.6 Å². The average molecular weight is 347 g/mol. The molecule has 0 bridgehead atoms. The number of carbonyl (C=O) groups is 1. The molecule has 25 heavy (non-hydrogen) atoms. The van der Waals surface area contributed by atoms with Crippen LogP contribution >= 0.6 is 0 Å². The zero-order valence-corrected chi connectivity index (χ0v) is 13.7. The van der Waals surface area contributed by atoms with Gasteiger partial charge in [-0.25, -0.2) is 13.9 Å². The number of hydrogen-bond acceptors (Lipinski definition) is 3. The highest BCUT2D eigenvalue weighted by atomic mass is 19.1. The van der Waals surface area contributed by atoms with Crippen molar-refractivity contribution in [1.82, 2.24) is 15.1 Å². The predicted octanol–water partition coefficient (Wildman–Crippen LogP) is 2.53. The molecule has 1 aromatic carbocycles. The first-order valence-corrected chi connectivity index (χ1v) is 8.32. The van der Waals surface area contributed by atoms with E-state index in [9.17, 15) is 18.4 Å². The maximum Gasteiger partial charge on any atom is 0.274 e. The van der Waals surface area contributed by atoms with Gasteiger partial charge in [0.25, 0.3) is 11.5 Å². The largest absolute Gasteiger partial charge is 0.337 e. The Morgan fingerprint density at radius 2 is 2.12 bits per heavy atom. The van der Waals surface area contributed by atoms with Gasteiger partial charge < -0.3 is 4.90 Å². The van der Waals surface area contributed by atoms with Crippen LogP contribution in [0.3, 0.4) is 0 Å². The highest BCUT2D eigenvalue weighted by Gasteiger charge is 2.25. The predicted molar refractivity (Wildman–Crippen MR) is 88.2 cm³/mol. The Hall–Kier alpha value is -2.57. The highest BCUT2D eigenvalue weighted by Crippen LogP contribution is 2.23. The lowest BCUT2D eigenvalue weighted by Gasteiger charge is -2.32. The molecule has 1 aliphatic rings. The number of benzene rings is 1. The normalized spacial score (nSPS) is 17.5. The van der Waals surface area contributed by atoms with Crippen LogP contribution in [0.25, 0.3) is 0 Å². The van der Waals surface area contributed by atoms with Gasteiger partial charge in [-0.15, -0.1) is 0 Å². The molecule has 0 aliphatic carbocycles. The molecule has 3 rings (SSSR count). The molecule has 132 valence electrons. The van der Waals surface area contributed by atoms with Gasteiger partial charge in [-0.1, -0.05) is 6.07 Å². The minimum Gasteiger partial charge on any atom is -0.337 e. The molecular formula is C18H19F2N3O2. The maximum atomic E-state index is 13.7. The van der Waals surface area contributed by atoms with Crippen molar-refractivity contribution in [2.75, 3.05) is 13.1 Å². The van der Waals surface area contributed by atoms with Crippen molar-refractivity contribution in [1.29, 1.82) is 0 Å². The number of rotatable bonds is 4. The maximum absolute atomic E-state index is 13.7. The molecule has 1 aromatic heterocycles. The Morgan fingerprint density at radius 3 is 2.84 bits per heavy atom. The van der Waals surface area contributed by atoms with Crippen LogP contribution < -0.4 is 5.56 Å². The number of amides is 1. The van der Waals surface area contributed by atoms with E-state index in [1.165, 1.54) is 24.3 Å². The summed E-state index contributed by atoms with van der Waals surface area (Å²) < 4.78 is 26.7. The van der Waals surface area contributed by atoms with E-state index in [-0.39, 0.29) is 23.1 Å². The zero-order chi connectivity index (χ0) is 17.8. The number of carbonyl (C=O) groups excluding carboxylic acids is 1. The number of nitrogens with one attached hydrogen (secondary N) is 1. The van der Waals surface area contributed by atoms with Crippen LogP contribution in [0.5, 0.6) is 0 Å². The molecule has 1 saturated heterocycles. The summed E-state index contributed by atoms with van der Waals surface area (Å²) in [6.45, 7) is 1.21. The fraction of sp³-hybridized carbons (Fsp3) is 0.389. The molecule has 0 saturated carbocycles. The summed E-state index contributed by atoms with van der Waals surface area (Å²) in [6, 6.07) is 6.32. The third-order valence-corrected chi connectivity index (χ3v) is 4.54. The fourth-order valence-corrected chi connectivity index (χ4v) is 3.19. The van der Waals surface area contributed by atoms with E-state index < -0.39 is 11.6 Å². The second-order valence-corrected chi connectivity index (χ2v) is 6.34. The van der Waals surface area contributed by atoms with Gasteiger partial charge in [0.1, 0.15) is 17.3 Å². The number of aromatic nitrogens is 2. The SMILES string of the molecule is O=C(c1ccc(=O)[nH]n1)N1CCCC(CCc2ccc(F)cc2F)C1. The molecular weight excluding hydrogens is 328 g/mol. The molecule has 7 heteroatoms. The van der Waals surface area contributed by atoms with E-state index in [2.05, 4.69) is 10.2 Å². The molecule has 1 unspecified atom stereocenters. The van der Waals surface area contributed by atoms with Crippen LogP contribution in [0.4, 0.5) is 8.78 Å². The fourth-order valence-electron chi connectivity index (χ4n) is 3.19. The number of aryl methyl sites for hydroxylation is 1. The minimum atomic E-state index is -0.580. The Morgan fingerprint density at radius 1 is 1.28 bits per heavy atom. The Labute approximate surface area is 143 Å². The first-order valence-electron chi connectivity index (χ1n) is 8.32. The van der Waals surface area contributed by atoms with Crippen LogP contribution in [-0.2, 0) is 6.42 Å². The van der Waals surface area contributed by atoms with E-state index in [1.54, 1.807) is 4.90 Å². The van der Waals surface area contributed by atoms with Gasteiger partial charge in [0.15, 0.2) is 0 Å². The first-order chi connectivity index (χ1) is 12.0. The summed E-state index contributed by atoms with van der Waals surface area (Å²) in [4.78, 5) is 25.2. The first kappa shape index (κ1) is 17.3. The summed E-state index contributed by atoms with van der Waals surface area (Å²) in [7, 11) is 0. The molecule has 2 heterocycles. The second-order valence-electron chi connectivity index (χ2n) is 6.34. The van der Waals surface area contributed by atoms with Gasteiger partial charge in [0.2, 0.25) is 0 Å². The van der Waals surface area contributed by atoms with Gasteiger partial charge in [-0.2, -0.15) is 5.10 Å². The topological polar surface area (TPSA) is 66.1 Å². The lowest BCUT2D eigenvalue weighted by atomic mass is 9.91. The van der Waals surface area contributed by atoms with E-state index in [0.29, 0.717) is 25.1 Å². The molecule has 0 spiro atoms. The Kier molecular flexibility index (Phi) is 5.21. The summed E-state index contributed by atoms with van der Waals surface area (Å²) in [6.07, 6.45) is 3.07. The van der Waals surface area contributed by atoms with Gasteiger partial charge in [-0.05, 0) is 49.3 Å². The van der Waals surface area contributed by atoms with E-state index >= 15 is 0 Å². The van der Waals surface area contributed by atoms with Crippen LogP contribution in [-0.4, -0.2) is 34.1 Å². The molecule has 1 N–H and O–H groups in total. The molecule has 0 radical (unpaired) electrons. The third kappa shape index (κ3) is 4.29. The number of aromatic amines is 1. The van der Waals surface area contributed by atoms with Crippen LogP contribution in [0.1, 0.15) is 35.3 Å². The summed E-state index contributed by atoms with van der Waals surface area (Å²) in [5.74, 6) is -1.07. The van der Waals surface area contributed by atoms with Crippen molar-refractivity contribution in [3.05, 3.63) is 63.6 Å². The van der Waals surface area contributed by atoms with E-state index in [1.807, 2.05) is 0 Å². The number of H-pyrrole nitrogens is 1. The third-order valence-electron chi connectivity index (χ3n) is 4.54. The molecule has 1 atom stereocenters. The highest BCUT2D eigenvalue weighted by molar-refractivity contribution is 5.92. The van der Waals surface area contributed by atoms with Crippen molar-refractivity contribution >= 4 is 5.91 Å². The van der Waals surface area contributed by atoms with Gasteiger partial charge in [0, 0.05) is 25.2 Å². The Bertz CT molecular complexity index is 802. The number of hydrogen-bond donors (Lipinski definition) is 1. The van der Waals surface area contributed by atoms with Crippen molar-refractivity contribution in [3.8, 4) is 0 Å². The molecule has 2 aromatic rings. The van der Waals surface area contributed by atoms with Crippen molar-refractivity contribution in [2.45, 2.75) is 25.7 Å². The van der Waals surface area contributed by atoms with Crippen molar-refractivity contribution in [3.63, 3.8) is 0 Å². The second kappa shape index (κ2) is 7.55. The van der Waals surface area contributed by atoms with E-state index in [4.69, 9.17) is 0 Å². The molecule has 1 fully saturated rings. The van der Waals surface area contributed by atoms with E-state index in [0.717, 1.165) is 25.3 Å². The number of nitrogens with zero attached hydrogens (tertiary/aromatic N) is 2. The summed E-state index contributed by atoms with van der Waals surface area (Å²) in [5.41, 5.74) is 0.353. The summed E-state index contributed by atoms with van der Waals surface area (Å²) in [5, 5.41) is 6.04. The van der Waals surface area contributed by atoms with Gasteiger partial charge >= 0.3 is 0 Å². The lowest BCUT2D eigenvalue weighted by Crippen LogP contribution is -2.40. The average Bonchev–Trinajstić information content (AvgIpc) is 2.61. The quantitative estimate of drug-likeness (QED) is 0.924. The minimum absolute atomic E-state index is 0.213. The standard InChI is InChI=1S/C18H19F2N3O2/c19-14-6-5-13(15(20)10-14)4-3-12-2-1-9-23(11-12)18(25)16-7-8-17(24)22-21-16/h5-8,10,12H,1-4,9,11H2,(H,22,24). The molecule has 1 aliphatic heterocycles. The summed E-state index contributed by atoms with van der Waals surface area (Å²) >= 11 is 0. The Balaban J connectivity index is 1.60. The molecule has 5 nitrogen and oxygen atoms in total. The van der Waals surface area contributed by atoms with Crippen LogP contribution in [0.2, 0.25) is 0 Å². The van der Waals surface area contributed by atoms with Crippen molar-refractivity contribution < 1.29 is 13.6 Å². The smallest absolute Gasteiger partial charge is 0.274 e. The number of piperidine rings is 1. The van der Waals surface area contributed by atoms with Gasteiger partial charge in [0.05, 0.1) is 0 Å². The lowest BCUT2D eigenvalue weighted by molar-refractivity contribution is 0.0661. The number of likely N-dealkylation sites (tertiary alicyclic amines) is 1. The van der Waals surface area contributed by atoms with Crippen molar-refractivity contribution in [2.24, 2.45) is 5.92 Å². The monoisotopic (exact) mass is 347 g/mol.